The van der Waals surface area contributed by atoms with Gasteiger partial charge in [-0.25, -0.2) is 0 Å². The molecule has 0 aliphatic heterocycles. The predicted molar refractivity (Wildman–Crippen MR) is 82.4 cm³/mol. The lowest BCUT2D eigenvalue weighted by molar-refractivity contribution is 0.209. The number of hydrogen-bond acceptors (Lipinski definition) is 6. The number of oxime groups is 3. The number of rotatable bonds is 11. The van der Waals surface area contributed by atoms with E-state index in [4.69, 9.17) is 15.9 Å². The van der Waals surface area contributed by atoms with Gasteiger partial charge in [-0.3, -0.25) is 0 Å². The smallest absolute Gasteiger partial charge is 0.106 e. The second kappa shape index (κ2) is 12.4. The highest BCUT2D eigenvalue weighted by Gasteiger charge is 2.07. The van der Waals surface area contributed by atoms with Crippen molar-refractivity contribution >= 4 is 17.1 Å². The van der Waals surface area contributed by atoms with Crippen LogP contribution in [0.3, 0.4) is 0 Å². The zero-order valence-corrected chi connectivity index (χ0v) is 13.2. The van der Waals surface area contributed by atoms with Crippen molar-refractivity contribution in [3.05, 3.63) is 0 Å². The molecular weight excluding hydrogens is 258 g/mol. The molecule has 116 valence electrons. The van der Waals surface area contributed by atoms with E-state index in [1.54, 1.807) is 0 Å². The zero-order valence-electron chi connectivity index (χ0n) is 14.2. The molecule has 0 aromatic heterocycles. The van der Waals surface area contributed by atoms with Gasteiger partial charge in [-0.05, 0) is 38.5 Å². The van der Waals surface area contributed by atoms with Crippen LogP contribution in [-0.2, 0) is 14.5 Å². The first kappa shape index (κ1) is 16.5. The molecule has 0 fully saturated rings. The third kappa shape index (κ3) is 8.50. The van der Waals surface area contributed by atoms with Gasteiger partial charge in [-0.2, -0.15) is 0 Å². The minimum absolute atomic E-state index is 0.482. The van der Waals surface area contributed by atoms with Crippen molar-refractivity contribution in [2.24, 2.45) is 15.5 Å². The quantitative estimate of drug-likeness (QED) is 0.432. The standard InChI is InChI=1S/C14H27N3O3/c1-6-12(15-18-3)8-10-14(17-20-5)11-9-13(7-2)16-19-4/h6-11H2,1-5H3/b15-12+,16-13+/i10D/b15-12+,16-13+,17-14+. The SMILES string of the molecule is [2H]C(C/C(CC)=N/OC)/C(CC/C(CC)=N/OC)=N\OC. The molecule has 0 rings (SSSR count). The van der Waals surface area contributed by atoms with Crippen LogP contribution in [-0.4, -0.2) is 38.5 Å². The summed E-state index contributed by atoms with van der Waals surface area (Å²) >= 11 is 0. The van der Waals surface area contributed by atoms with E-state index in [-0.39, 0.29) is 0 Å². The highest BCUT2D eigenvalue weighted by molar-refractivity contribution is 5.94. The van der Waals surface area contributed by atoms with Crippen molar-refractivity contribution in [3.63, 3.8) is 0 Å². The van der Waals surface area contributed by atoms with E-state index >= 15 is 0 Å². The highest BCUT2D eigenvalue weighted by Crippen LogP contribution is 2.08. The molecule has 0 radical (unpaired) electrons. The van der Waals surface area contributed by atoms with Crippen molar-refractivity contribution in [3.8, 4) is 0 Å². The lowest BCUT2D eigenvalue weighted by Crippen LogP contribution is -2.08. The second-order valence-corrected chi connectivity index (χ2v) is 4.06. The fraction of sp³-hybridized carbons (Fsp3) is 0.786. The predicted octanol–water partition coefficient (Wildman–Crippen LogP) is 3.37. The fourth-order valence-electron chi connectivity index (χ4n) is 1.60. The maximum Gasteiger partial charge on any atom is 0.106 e. The molecule has 0 saturated carbocycles. The summed E-state index contributed by atoms with van der Waals surface area (Å²) in [4.78, 5) is 14.4. The van der Waals surface area contributed by atoms with E-state index in [1.807, 2.05) is 13.8 Å². The molecule has 0 aliphatic rings. The van der Waals surface area contributed by atoms with Crippen LogP contribution < -0.4 is 0 Å². The van der Waals surface area contributed by atoms with Crippen LogP contribution in [0, 0.1) is 0 Å². The third-order valence-corrected chi connectivity index (χ3v) is 2.71. The van der Waals surface area contributed by atoms with Gasteiger partial charge in [0.1, 0.15) is 21.3 Å². The van der Waals surface area contributed by atoms with Crippen molar-refractivity contribution < 1.29 is 15.9 Å². The van der Waals surface area contributed by atoms with Crippen LogP contribution in [0.15, 0.2) is 15.5 Å². The van der Waals surface area contributed by atoms with Gasteiger partial charge in [-0.1, -0.05) is 29.3 Å². The summed E-state index contributed by atoms with van der Waals surface area (Å²) in [5.41, 5.74) is 2.45. The molecule has 6 heteroatoms. The largest absolute Gasteiger partial charge is 0.399 e. The summed E-state index contributed by atoms with van der Waals surface area (Å²) in [5.74, 6) is 0. The van der Waals surface area contributed by atoms with Crippen molar-refractivity contribution in [2.45, 2.75) is 52.3 Å². The Kier molecular flexibility index (Phi) is 10.2. The molecule has 0 aromatic rings. The van der Waals surface area contributed by atoms with Crippen molar-refractivity contribution in [1.82, 2.24) is 0 Å². The minimum Gasteiger partial charge on any atom is -0.399 e. The zero-order chi connectivity index (χ0) is 16.1. The van der Waals surface area contributed by atoms with Gasteiger partial charge >= 0.3 is 0 Å². The molecule has 20 heavy (non-hydrogen) atoms. The minimum atomic E-state index is -0.501. The molecule has 0 aliphatic carbocycles. The van der Waals surface area contributed by atoms with Gasteiger partial charge in [0.15, 0.2) is 0 Å². The molecule has 1 atom stereocenters. The Morgan fingerprint density at radius 1 is 0.750 bits per heavy atom. The van der Waals surface area contributed by atoms with E-state index < -0.39 is 6.40 Å². The topological polar surface area (TPSA) is 64.8 Å². The van der Waals surface area contributed by atoms with E-state index in [9.17, 15) is 0 Å². The van der Waals surface area contributed by atoms with Crippen LogP contribution >= 0.6 is 0 Å². The highest BCUT2D eigenvalue weighted by atomic mass is 16.6. The first-order chi connectivity index (χ1) is 10.1. The van der Waals surface area contributed by atoms with Crippen LogP contribution in [0.1, 0.15) is 53.7 Å². The summed E-state index contributed by atoms with van der Waals surface area (Å²) in [6, 6.07) is 0. The monoisotopic (exact) mass is 286 g/mol. The Bertz CT molecular complexity index is 370. The summed E-state index contributed by atoms with van der Waals surface area (Å²) in [6.07, 6.45) is 2.85. The Hall–Kier alpha value is -1.59. The van der Waals surface area contributed by atoms with E-state index in [1.165, 1.54) is 21.3 Å². The van der Waals surface area contributed by atoms with Gasteiger partial charge < -0.3 is 14.5 Å². The van der Waals surface area contributed by atoms with Crippen LogP contribution in [0.4, 0.5) is 0 Å². The van der Waals surface area contributed by atoms with E-state index in [2.05, 4.69) is 15.5 Å². The average molecular weight is 286 g/mol. The normalized spacial score (nSPS) is 15.7. The molecule has 6 nitrogen and oxygen atoms in total. The molecule has 0 aromatic carbocycles. The summed E-state index contributed by atoms with van der Waals surface area (Å²) in [5, 5.41) is 11.9. The first-order valence-corrected chi connectivity index (χ1v) is 6.82. The van der Waals surface area contributed by atoms with Gasteiger partial charge in [0.05, 0.1) is 17.1 Å². The maximum atomic E-state index is 8.23. The van der Waals surface area contributed by atoms with Gasteiger partial charge in [0, 0.05) is 1.37 Å². The van der Waals surface area contributed by atoms with Gasteiger partial charge in [-0.15, -0.1) is 0 Å². The Labute approximate surface area is 123 Å². The van der Waals surface area contributed by atoms with Gasteiger partial charge in [0.2, 0.25) is 0 Å². The molecular formula is C14H27N3O3. The Morgan fingerprint density at radius 2 is 1.15 bits per heavy atom. The molecule has 0 spiro atoms. The number of nitrogens with zero attached hydrogens (tertiary/aromatic N) is 3. The first-order valence-electron chi connectivity index (χ1n) is 7.40. The van der Waals surface area contributed by atoms with Crippen LogP contribution in [0.2, 0.25) is 0 Å². The van der Waals surface area contributed by atoms with Gasteiger partial charge in [0.25, 0.3) is 0 Å². The molecule has 0 saturated heterocycles. The van der Waals surface area contributed by atoms with Crippen LogP contribution in [0.5, 0.6) is 0 Å². The molecule has 0 bridgehead atoms. The summed E-state index contributed by atoms with van der Waals surface area (Å²) in [6.45, 7) is 4.00. The lowest BCUT2D eigenvalue weighted by Gasteiger charge is -2.07. The van der Waals surface area contributed by atoms with E-state index in [0.29, 0.717) is 25.0 Å². The van der Waals surface area contributed by atoms with E-state index in [0.717, 1.165) is 24.3 Å². The lowest BCUT2D eigenvalue weighted by atomic mass is 10.0. The maximum absolute atomic E-state index is 8.23. The Balaban J connectivity index is 4.71. The second-order valence-electron chi connectivity index (χ2n) is 4.06. The third-order valence-electron chi connectivity index (χ3n) is 2.71. The Morgan fingerprint density at radius 3 is 1.60 bits per heavy atom. The molecule has 0 N–H and O–H groups in total. The molecule has 0 amide bonds. The average Bonchev–Trinajstić information content (AvgIpc) is 2.49. The van der Waals surface area contributed by atoms with Crippen molar-refractivity contribution in [1.29, 1.82) is 0 Å². The summed E-state index contributed by atoms with van der Waals surface area (Å²) < 4.78 is 8.23. The van der Waals surface area contributed by atoms with Crippen LogP contribution in [0.25, 0.3) is 0 Å². The molecule has 0 heterocycles. The fourth-order valence-corrected chi connectivity index (χ4v) is 1.60. The molecule has 1 unspecified atom stereocenters. The summed E-state index contributed by atoms with van der Waals surface area (Å²) in [7, 11) is 4.52. The van der Waals surface area contributed by atoms with Crippen molar-refractivity contribution in [2.75, 3.05) is 21.3 Å². The number of hydrogen-bond donors (Lipinski definition) is 0.